The molecule has 0 aliphatic carbocycles. The van der Waals surface area contributed by atoms with E-state index in [0.717, 1.165) is 6.07 Å². The molecule has 7 heteroatoms. The Morgan fingerprint density at radius 1 is 1.19 bits per heavy atom. The van der Waals surface area contributed by atoms with E-state index in [1.54, 1.807) is 30.3 Å². The molecule has 0 fully saturated rings. The first-order chi connectivity index (χ1) is 12.4. The van der Waals surface area contributed by atoms with Crippen LogP contribution in [0.25, 0.3) is 0 Å². The SMILES string of the molecule is O=C(O)CC(NC(=O)c1cc2c(cc1F)NC(=O)CC2)c1ccccc1. The molecule has 0 aromatic heterocycles. The van der Waals surface area contributed by atoms with Gasteiger partial charge < -0.3 is 15.7 Å². The molecule has 2 aromatic carbocycles. The first-order valence-electron chi connectivity index (χ1n) is 8.14. The molecule has 2 amide bonds. The summed E-state index contributed by atoms with van der Waals surface area (Å²) in [5, 5.41) is 14.3. The van der Waals surface area contributed by atoms with Gasteiger partial charge in [0, 0.05) is 12.1 Å². The standard InChI is InChI=1S/C19H17FN2O4/c20-14-9-15-12(6-7-17(23)21-15)8-13(14)19(26)22-16(10-18(24)25)11-4-2-1-3-5-11/h1-5,8-9,16H,6-7,10H2,(H,21,23)(H,22,26)(H,24,25). The number of carbonyl (C=O) groups is 3. The minimum Gasteiger partial charge on any atom is -0.481 e. The summed E-state index contributed by atoms with van der Waals surface area (Å²) in [6, 6.07) is 10.4. The number of aliphatic carboxylic acids is 1. The molecule has 6 nitrogen and oxygen atoms in total. The second-order valence-corrected chi connectivity index (χ2v) is 6.07. The van der Waals surface area contributed by atoms with Gasteiger partial charge in [-0.1, -0.05) is 30.3 Å². The number of aryl methyl sites for hydroxylation is 1. The quantitative estimate of drug-likeness (QED) is 0.767. The molecule has 1 aliphatic heterocycles. The van der Waals surface area contributed by atoms with Crippen LogP contribution in [0.15, 0.2) is 42.5 Å². The van der Waals surface area contributed by atoms with E-state index in [-0.39, 0.29) is 24.3 Å². The van der Waals surface area contributed by atoms with Crippen molar-refractivity contribution in [2.45, 2.75) is 25.3 Å². The molecule has 0 spiro atoms. The van der Waals surface area contributed by atoms with Crippen LogP contribution >= 0.6 is 0 Å². The summed E-state index contributed by atoms with van der Waals surface area (Å²) in [5.41, 5.74) is 1.48. The highest BCUT2D eigenvalue weighted by atomic mass is 19.1. The molecule has 0 radical (unpaired) electrons. The molecule has 1 heterocycles. The Morgan fingerprint density at radius 2 is 1.92 bits per heavy atom. The fourth-order valence-electron chi connectivity index (χ4n) is 2.92. The minimum atomic E-state index is -1.08. The van der Waals surface area contributed by atoms with Crippen molar-refractivity contribution in [3.63, 3.8) is 0 Å². The molecule has 1 aliphatic rings. The van der Waals surface area contributed by atoms with Crippen molar-refractivity contribution in [3.8, 4) is 0 Å². The second kappa shape index (κ2) is 7.35. The molecule has 0 saturated carbocycles. The van der Waals surface area contributed by atoms with Crippen molar-refractivity contribution in [2.75, 3.05) is 5.32 Å². The summed E-state index contributed by atoms with van der Waals surface area (Å²) in [5.74, 6) is -2.74. The highest BCUT2D eigenvalue weighted by Crippen LogP contribution is 2.26. The molecule has 1 atom stereocenters. The van der Waals surface area contributed by atoms with Crippen molar-refractivity contribution >= 4 is 23.5 Å². The summed E-state index contributed by atoms with van der Waals surface area (Å²) >= 11 is 0. The van der Waals surface area contributed by atoms with Crippen LogP contribution in [-0.4, -0.2) is 22.9 Å². The summed E-state index contributed by atoms with van der Waals surface area (Å²) in [6.07, 6.45) is 0.364. The zero-order valence-corrected chi connectivity index (χ0v) is 13.8. The first-order valence-corrected chi connectivity index (χ1v) is 8.14. The first kappa shape index (κ1) is 17.6. The van der Waals surface area contributed by atoms with E-state index in [9.17, 15) is 18.8 Å². The number of carboxylic acids is 1. The van der Waals surface area contributed by atoms with Crippen LogP contribution in [0.5, 0.6) is 0 Å². The van der Waals surface area contributed by atoms with Gasteiger partial charge >= 0.3 is 5.97 Å². The lowest BCUT2D eigenvalue weighted by molar-refractivity contribution is -0.137. The maximum Gasteiger partial charge on any atom is 0.305 e. The van der Waals surface area contributed by atoms with Gasteiger partial charge in [-0.2, -0.15) is 0 Å². The number of carboxylic acid groups (broad SMARTS) is 1. The van der Waals surface area contributed by atoms with Crippen LogP contribution in [0.2, 0.25) is 0 Å². The fourth-order valence-corrected chi connectivity index (χ4v) is 2.92. The molecule has 3 N–H and O–H groups in total. The lowest BCUT2D eigenvalue weighted by atomic mass is 9.98. The van der Waals surface area contributed by atoms with Gasteiger partial charge in [-0.05, 0) is 29.7 Å². The van der Waals surface area contributed by atoms with Crippen molar-refractivity contribution in [3.05, 3.63) is 65.0 Å². The van der Waals surface area contributed by atoms with E-state index in [4.69, 9.17) is 5.11 Å². The molecule has 3 rings (SSSR count). The number of hydrogen-bond acceptors (Lipinski definition) is 3. The molecule has 2 aromatic rings. The van der Waals surface area contributed by atoms with E-state index in [1.807, 2.05) is 0 Å². The van der Waals surface area contributed by atoms with Crippen LogP contribution in [0.1, 0.15) is 40.4 Å². The van der Waals surface area contributed by atoms with E-state index in [1.165, 1.54) is 6.07 Å². The van der Waals surface area contributed by atoms with Gasteiger partial charge in [0.15, 0.2) is 0 Å². The zero-order chi connectivity index (χ0) is 18.7. The maximum absolute atomic E-state index is 14.3. The smallest absolute Gasteiger partial charge is 0.305 e. The Hall–Kier alpha value is -3.22. The number of halogens is 1. The number of rotatable bonds is 5. The summed E-state index contributed by atoms with van der Waals surface area (Å²) in [4.78, 5) is 35.1. The average Bonchev–Trinajstić information content (AvgIpc) is 2.60. The number of anilines is 1. The Balaban J connectivity index is 1.86. The Labute approximate surface area is 149 Å². The van der Waals surface area contributed by atoms with Crippen LogP contribution in [-0.2, 0) is 16.0 Å². The molecule has 0 bridgehead atoms. The normalized spacial score (nSPS) is 14.1. The van der Waals surface area contributed by atoms with Gasteiger partial charge in [-0.3, -0.25) is 14.4 Å². The third-order valence-electron chi connectivity index (χ3n) is 4.22. The Morgan fingerprint density at radius 3 is 2.62 bits per heavy atom. The molecule has 134 valence electrons. The Kier molecular flexibility index (Phi) is 4.97. The minimum absolute atomic E-state index is 0.175. The summed E-state index contributed by atoms with van der Waals surface area (Å²) in [7, 11) is 0. The van der Waals surface area contributed by atoms with Crippen molar-refractivity contribution in [2.24, 2.45) is 0 Å². The Bertz CT molecular complexity index is 867. The summed E-state index contributed by atoms with van der Waals surface area (Å²) in [6.45, 7) is 0. The molecule has 0 saturated heterocycles. The number of benzene rings is 2. The van der Waals surface area contributed by atoms with Crippen molar-refractivity contribution in [1.29, 1.82) is 0 Å². The van der Waals surface area contributed by atoms with Crippen LogP contribution in [0, 0.1) is 5.82 Å². The van der Waals surface area contributed by atoms with Gasteiger partial charge in [-0.15, -0.1) is 0 Å². The second-order valence-electron chi connectivity index (χ2n) is 6.07. The van der Waals surface area contributed by atoms with Crippen molar-refractivity contribution in [1.82, 2.24) is 5.32 Å². The highest BCUT2D eigenvalue weighted by Gasteiger charge is 2.23. The van der Waals surface area contributed by atoms with Gasteiger partial charge in [0.1, 0.15) is 5.82 Å². The van der Waals surface area contributed by atoms with E-state index in [2.05, 4.69) is 10.6 Å². The third kappa shape index (κ3) is 3.88. The highest BCUT2D eigenvalue weighted by molar-refractivity contribution is 5.98. The van der Waals surface area contributed by atoms with E-state index < -0.39 is 23.7 Å². The molecule has 1 unspecified atom stereocenters. The topological polar surface area (TPSA) is 95.5 Å². The lowest BCUT2D eigenvalue weighted by Crippen LogP contribution is -2.31. The van der Waals surface area contributed by atoms with Gasteiger partial charge in [0.05, 0.1) is 18.0 Å². The summed E-state index contributed by atoms with van der Waals surface area (Å²) < 4.78 is 14.3. The molecule has 26 heavy (non-hydrogen) atoms. The van der Waals surface area contributed by atoms with Crippen LogP contribution < -0.4 is 10.6 Å². The number of fused-ring (bicyclic) bond motifs is 1. The average molecular weight is 356 g/mol. The number of hydrogen-bond donors (Lipinski definition) is 3. The van der Waals surface area contributed by atoms with Crippen molar-refractivity contribution < 1.29 is 23.9 Å². The lowest BCUT2D eigenvalue weighted by Gasteiger charge is -2.20. The predicted molar refractivity (Wildman–Crippen MR) is 92.3 cm³/mol. The monoisotopic (exact) mass is 356 g/mol. The third-order valence-corrected chi connectivity index (χ3v) is 4.22. The van der Waals surface area contributed by atoms with Gasteiger partial charge in [0.25, 0.3) is 5.91 Å². The predicted octanol–water partition coefficient (Wildman–Crippen LogP) is 2.66. The fraction of sp³-hybridized carbons (Fsp3) is 0.211. The molecular formula is C19H17FN2O4. The van der Waals surface area contributed by atoms with Gasteiger partial charge in [0.2, 0.25) is 5.91 Å². The maximum atomic E-state index is 14.3. The molecular weight excluding hydrogens is 339 g/mol. The largest absolute Gasteiger partial charge is 0.481 e. The zero-order valence-electron chi connectivity index (χ0n) is 13.8. The number of carbonyl (C=O) groups excluding carboxylic acids is 2. The van der Waals surface area contributed by atoms with Crippen LogP contribution in [0.4, 0.5) is 10.1 Å². The van der Waals surface area contributed by atoms with E-state index in [0.29, 0.717) is 23.2 Å². The van der Waals surface area contributed by atoms with Crippen LogP contribution in [0.3, 0.4) is 0 Å². The van der Waals surface area contributed by atoms with Gasteiger partial charge in [-0.25, -0.2) is 4.39 Å². The number of nitrogens with one attached hydrogen (secondary N) is 2. The number of amides is 2. The van der Waals surface area contributed by atoms with E-state index >= 15 is 0 Å².